The third-order valence-electron chi connectivity index (χ3n) is 4.88. The van der Waals surface area contributed by atoms with Crippen LogP contribution in [0.1, 0.15) is 18.0 Å². The molecule has 10 heteroatoms. The monoisotopic (exact) mass is 478 g/mol. The number of aromatic amines is 1. The average Bonchev–Trinajstić information content (AvgIpc) is 3.55. The number of allylic oxidation sites excluding steroid dienone is 1. The fourth-order valence-electron chi connectivity index (χ4n) is 3.37. The summed E-state index contributed by atoms with van der Waals surface area (Å²) in [7, 11) is 0. The summed E-state index contributed by atoms with van der Waals surface area (Å²) in [5.74, 6) is 1.36. The van der Waals surface area contributed by atoms with Gasteiger partial charge in [-0.3, -0.25) is 14.3 Å². The lowest BCUT2D eigenvalue weighted by molar-refractivity contribution is 0.727. The van der Waals surface area contributed by atoms with Crippen molar-refractivity contribution in [2.45, 2.75) is 23.9 Å². The van der Waals surface area contributed by atoms with Crippen molar-refractivity contribution in [3.05, 3.63) is 76.3 Å². The van der Waals surface area contributed by atoms with Crippen LogP contribution in [0.15, 0.2) is 70.0 Å². The maximum atomic E-state index is 12.9. The molecule has 5 aromatic heterocycles. The predicted octanol–water partition coefficient (Wildman–Crippen LogP) is 5.41. The Labute approximate surface area is 195 Å². The van der Waals surface area contributed by atoms with Crippen molar-refractivity contribution in [3.63, 3.8) is 0 Å². The predicted molar refractivity (Wildman–Crippen MR) is 131 cm³/mol. The summed E-state index contributed by atoms with van der Waals surface area (Å²) in [5.41, 5.74) is 1.75. The average molecular weight is 479 g/mol. The Morgan fingerprint density at radius 3 is 2.84 bits per heavy atom. The van der Waals surface area contributed by atoms with Crippen LogP contribution in [0.3, 0.4) is 0 Å². The van der Waals surface area contributed by atoms with E-state index in [0.717, 1.165) is 31.8 Å². The zero-order chi connectivity index (χ0) is 22.1. The van der Waals surface area contributed by atoms with E-state index in [9.17, 15) is 4.79 Å². The van der Waals surface area contributed by atoms with Gasteiger partial charge in [0.1, 0.15) is 10.7 Å². The molecule has 5 heterocycles. The van der Waals surface area contributed by atoms with Crippen LogP contribution >= 0.6 is 34.4 Å². The molecule has 0 saturated carbocycles. The van der Waals surface area contributed by atoms with Gasteiger partial charge in [0.15, 0.2) is 11.0 Å². The van der Waals surface area contributed by atoms with E-state index in [1.807, 2.05) is 52.6 Å². The molecule has 32 heavy (non-hydrogen) atoms. The summed E-state index contributed by atoms with van der Waals surface area (Å²) in [6, 6.07) is 7.80. The minimum Gasteiger partial charge on any atom is -0.309 e. The normalized spacial score (nSPS) is 12.3. The Balaban J connectivity index is 1.48. The van der Waals surface area contributed by atoms with Gasteiger partial charge in [0.25, 0.3) is 5.56 Å². The molecular formula is C22H18N6OS3. The van der Waals surface area contributed by atoms with E-state index in [1.165, 1.54) is 23.1 Å². The van der Waals surface area contributed by atoms with Crippen molar-refractivity contribution in [1.29, 1.82) is 0 Å². The highest BCUT2D eigenvalue weighted by atomic mass is 32.2. The lowest BCUT2D eigenvalue weighted by Gasteiger charge is -2.12. The van der Waals surface area contributed by atoms with Gasteiger partial charge in [0.05, 0.1) is 10.6 Å². The molecule has 0 fully saturated rings. The first-order valence-corrected chi connectivity index (χ1v) is 12.5. The first kappa shape index (κ1) is 20.8. The Hall–Kier alpha value is -3.08. The van der Waals surface area contributed by atoms with Crippen LogP contribution in [0.2, 0.25) is 0 Å². The zero-order valence-corrected chi connectivity index (χ0v) is 19.5. The number of H-pyrrole nitrogens is 1. The van der Waals surface area contributed by atoms with Gasteiger partial charge in [-0.1, -0.05) is 23.9 Å². The number of nitrogens with zero attached hydrogens (tertiary/aromatic N) is 5. The van der Waals surface area contributed by atoms with Crippen LogP contribution in [0.5, 0.6) is 0 Å². The van der Waals surface area contributed by atoms with Gasteiger partial charge in [-0.05, 0) is 30.5 Å². The van der Waals surface area contributed by atoms with Crippen molar-refractivity contribution in [1.82, 2.24) is 29.7 Å². The number of aromatic nitrogens is 6. The molecule has 0 aliphatic rings. The summed E-state index contributed by atoms with van der Waals surface area (Å²) in [4.78, 5) is 26.6. The lowest BCUT2D eigenvalue weighted by atomic mass is 10.2. The highest BCUT2D eigenvalue weighted by Gasteiger charge is 2.20. The second-order valence-corrected chi connectivity index (χ2v) is 10.1. The van der Waals surface area contributed by atoms with Crippen LogP contribution in [0.4, 0.5) is 0 Å². The molecule has 1 N–H and O–H groups in total. The highest BCUT2D eigenvalue weighted by molar-refractivity contribution is 7.99. The summed E-state index contributed by atoms with van der Waals surface area (Å²) < 4.78 is 2.00. The van der Waals surface area contributed by atoms with Gasteiger partial charge in [-0.25, -0.2) is 4.98 Å². The lowest BCUT2D eigenvalue weighted by Crippen LogP contribution is -2.12. The molecule has 0 bridgehead atoms. The number of hydrogen-bond acceptors (Lipinski definition) is 8. The van der Waals surface area contributed by atoms with Gasteiger partial charge < -0.3 is 4.98 Å². The van der Waals surface area contributed by atoms with E-state index in [-0.39, 0.29) is 10.8 Å². The molecule has 160 valence electrons. The molecule has 1 unspecified atom stereocenters. The Morgan fingerprint density at radius 1 is 1.25 bits per heavy atom. The molecule has 0 aliphatic carbocycles. The molecule has 5 aromatic rings. The fourth-order valence-corrected chi connectivity index (χ4v) is 6.05. The first-order chi connectivity index (χ1) is 15.7. The van der Waals surface area contributed by atoms with Crippen molar-refractivity contribution in [2.75, 3.05) is 0 Å². The molecule has 7 nitrogen and oxygen atoms in total. The first-order valence-electron chi connectivity index (χ1n) is 9.82. The standard InChI is InChI=1S/C22H18N6OS3/c1-3-10-28-19(14-6-8-23-9-7-14)26-27-22(28)32-13(2)18-24-20(29)17-15(12-31-21(17)25-18)16-5-4-11-30-16/h3-9,11-13H,1,10H2,2H3,(H,24,25,29). The Kier molecular flexibility index (Phi) is 5.73. The van der Waals surface area contributed by atoms with Gasteiger partial charge in [-0.15, -0.1) is 39.4 Å². The molecular weight excluding hydrogens is 460 g/mol. The van der Waals surface area contributed by atoms with Crippen LogP contribution in [-0.2, 0) is 6.54 Å². The number of fused-ring (bicyclic) bond motifs is 1. The minimum absolute atomic E-state index is 0.118. The fraction of sp³-hybridized carbons (Fsp3) is 0.136. The van der Waals surface area contributed by atoms with E-state index in [0.29, 0.717) is 17.8 Å². The molecule has 0 radical (unpaired) electrons. The van der Waals surface area contributed by atoms with Crippen LogP contribution in [0.25, 0.3) is 32.0 Å². The number of rotatable bonds is 7. The summed E-state index contributed by atoms with van der Waals surface area (Å²) in [6.45, 7) is 6.43. The quantitative estimate of drug-likeness (QED) is 0.249. The van der Waals surface area contributed by atoms with E-state index >= 15 is 0 Å². The molecule has 1 atom stereocenters. The van der Waals surface area contributed by atoms with Crippen molar-refractivity contribution < 1.29 is 0 Å². The summed E-state index contributed by atoms with van der Waals surface area (Å²) >= 11 is 4.61. The summed E-state index contributed by atoms with van der Waals surface area (Å²) in [5, 5.41) is 14.0. The van der Waals surface area contributed by atoms with Gasteiger partial charge in [-0.2, -0.15) is 0 Å². The molecule has 0 saturated heterocycles. The highest BCUT2D eigenvalue weighted by Crippen LogP contribution is 2.37. The number of hydrogen-bond donors (Lipinski definition) is 1. The number of thiophene rings is 2. The smallest absolute Gasteiger partial charge is 0.260 e. The molecule has 5 rings (SSSR count). The van der Waals surface area contributed by atoms with E-state index in [1.54, 1.807) is 23.7 Å². The maximum Gasteiger partial charge on any atom is 0.260 e. The SMILES string of the molecule is C=CCn1c(SC(C)c2nc3scc(-c4cccs4)c3c(=O)[nH]2)nnc1-c1ccncc1. The van der Waals surface area contributed by atoms with Crippen LogP contribution in [0, 0.1) is 0 Å². The van der Waals surface area contributed by atoms with E-state index in [4.69, 9.17) is 4.98 Å². The van der Waals surface area contributed by atoms with Gasteiger partial charge in [0, 0.05) is 40.3 Å². The number of nitrogens with one attached hydrogen (secondary N) is 1. The van der Waals surface area contributed by atoms with Gasteiger partial charge >= 0.3 is 0 Å². The third kappa shape index (κ3) is 3.81. The number of pyridine rings is 1. The Morgan fingerprint density at radius 2 is 2.09 bits per heavy atom. The van der Waals surface area contributed by atoms with Crippen LogP contribution in [-0.4, -0.2) is 29.7 Å². The van der Waals surface area contributed by atoms with E-state index < -0.39 is 0 Å². The second kappa shape index (κ2) is 8.81. The molecule has 0 amide bonds. The largest absolute Gasteiger partial charge is 0.309 e. The molecule has 0 aromatic carbocycles. The molecule has 0 spiro atoms. The summed E-state index contributed by atoms with van der Waals surface area (Å²) in [6.07, 6.45) is 5.27. The van der Waals surface area contributed by atoms with Crippen molar-refractivity contribution in [2.24, 2.45) is 0 Å². The number of thioether (sulfide) groups is 1. The minimum atomic E-state index is -0.127. The van der Waals surface area contributed by atoms with Crippen LogP contribution < -0.4 is 5.56 Å². The zero-order valence-electron chi connectivity index (χ0n) is 17.1. The van der Waals surface area contributed by atoms with Crippen molar-refractivity contribution >= 4 is 44.7 Å². The Bertz CT molecular complexity index is 1440. The third-order valence-corrected chi connectivity index (χ3v) is 7.75. The second-order valence-electron chi connectivity index (χ2n) is 6.96. The maximum absolute atomic E-state index is 12.9. The van der Waals surface area contributed by atoms with Gasteiger partial charge in [0.2, 0.25) is 0 Å². The van der Waals surface area contributed by atoms with Crippen molar-refractivity contribution in [3.8, 4) is 21.8 Å². The topological polar surface area (TPSA) is 89.4 Å². The molecule has 0 aliphatic heterocycles. The van der Waals surface area contributed by atoms with E-state index in [2.05, 4.69) is 26.7 Å².